The van der Waals surface area contributed by atoms with E-state index in [0.717, 1.165) is 0 Å². The Morgan fingerprint density at radius 2 is 1.74 bits per heavy atom. The number of ether oxygens (including phenoxy) is 1. The fraction of sp³-hybridized carbons (Fsp3) is 0.586. The average Bonchev–Trinajstić information content (AvgIpc) is 2.85. The summed E-state index contributed by atoms with van der Waals surface area (Å²) in [6.07, 6.45) is -0.748. The summed E-state index contributed by atoms with van der Waals surface area (Å²) in [5, 5.41) is 25.9. The Bertz CT molecular complexity index is 1420. The van der Waals surface area contributed by atoms with Gasteiger partial charge in [-0.1, -0.05) is 13.8 Å². The van der Waals surface area contributed by atoms with E-state index in [9.17, 15) is 39.0 Å². The van der Waals surface area contributed by atoms with Crippen LogP contribution in [0.15, 0.2) is 6.07 Å². The quantitative estimate of drug-likeness (QED) is 0.326. The van der Waals surface area contributed by atoms with Gasteiger partial charge in [0.1, 0.15) is 5.75 Å². The van der Waals surface area contributed by atoms with Crippen LogP contribution in [0.5, 0.6) is 5.75 Å². The lowest BCUT2D eigenvalue weighted by molar-refractivity contribution is -0.203. The van der Waals surface area contributed by atoms with E-state index in [1.54, 1.807) is 38.9 Å². The average molecular weight is 587 g/mol. The van der Waals surface area contributed by atoms with Crippen molar-refractivity contribution in [3.8, 4) is 5.75 Å². The Morgan fingerprint density at radius 1 is 1.12 bits per heavy atom. The van der Waals surface area contributed by atoms with Gasteiger partial charge in [-0.2, -0.15) is 0 Å². The summed E-state index contributed by atoms with van der Waals surface area (Å²) in [4.78, 5) is 83.2. The first-order valence-electron chi connectivity index (χ1n) is 13.7. The van der Waals surface area contributed by atoms with E-state index < -0.39 is 75.2 Å². The molecule has 3 aliphatic carbocycles. The number of anilines is 1. The summed E-state index contributed by atoms with van der Waals surface area (Å²) < 4.78 is 4.88. The standard InChI is InChI=1S/C29H38N4O9/c1-8-42-26(40)31-11-13-9-15(32(4)5)14-10-27(2)12-28(3)22(33(6)7)21(36)17(25(30)39)23(37)29(28,41)24(38)18(27)20(35)16(14)19(13)34/h9,17-18,22,34,41H,8,10-12H2,1-7H3,(H2,30,39)(H,31,40)/t17?,18?,22-,27+,28+,29-/m1/s1. The molecule has 13 nitrogen and oxygen atoms in total. The van der Waals surface area contributed by atoms with Crippen LogP contribution in [0.2, 0.25) is 0 Å². The number of hydrogen-bond acceptors (Lipinski definition) is 11. The number of benzene rings is 1. The van der Waals surface area contributed by atoms with Crippen LogP contribution >= 0.6 is 0 Å². The van der Waals surface area contributed by atoms with Gasteiger partial charge in [0, 0.05) is 37.3 Å². The van der Waals surface area contributed by atoms with Crippen molar-refractivity contribution >= 4 is 40.8 Å². The summed E-state index contributed by atoms with van der Waals surface area (Å²) in [6, 6.07) is 0.391. The van der Waals surface area contributed by atoms with Gasteiger partial charge in [0.2, 0.25) is 5.91 Å². The first-order valence-corrected chi connectivity index (χ1v) is 13.7. The number of aliphatic hydroxyl groups is 1. The summed E-state index contributed by atoms with van der Waals surface area (Å²) in [7, 11) is 6.56. The molecule has 1 aromatic rings. The number of aromatic hydroxyl groups is 1. The molecule has 0 saturated heterocycles. The number of carbonyl (C=O) groups excluding carboxylic acids is 6. The molecule has 228 valence electrons. The number of phenolic OH excluding ortho intramolecular Hbond substituents is 1. The topological polar surface area (TPSA) is 197 Å². The molecule has 42 heavy (non-hydrogen) atoms. The van der Waals surface area contributed by atoms with Gasteiger partial charge in [0.25, 0.3) is 0 Å². The highest BCUT2D eigenvalue weighted by Crippen LogP contribution is 2.62. The second-order valence-electron chi connectivity index (χ2n) is 12.5. The summed E-state index contributed by atoms with van der Waals surface area (Å²) in [5.41, 5.74) is 0.692. The maximum atomic E-state index is 14.4. The molecule has 5 N–H and O–H groups in total. The number of hydrogen-bond donors (Lipinski definition) is 4. The van der Waals surface area contributed by atoms with Crippen LogP contribution in [0, 0.1) is 22.7 Å². The molecule has 13 heteroatoms. The van der Waals surface area contributed by atoms with Crippen LogP contribution in [0.25, 0.3) is 0 Å². The number of phenols is 1. The fourth-order valence-corrected chi connectivity index (χ4v) is 7.70. The smallest absolute Gasteiger partial charge is 0.407 e. The number of nitrogens with two attached hydrogens (primary N) is 1. The van der Waals surface area contributed by atoms with E-state index in [4.69, 9.17) is 10.5 Å². The number of carbonyl (C=O) groups is 6. The van der Waals surface area contributed by atoms with Gasteiger partial charge in [-0.15, -0.1) is 0 Å². The predicted molar refractivity (Wildman–Crippen MR) is 149 cm³/mol. The molecule has 2 saturated carbocycles. The van der Waals surface area contributed by atoms with Crippen LogP contribution in [0.3, 0.4) is 0 Å². The molecule has 4 rings (SSSR count). The predicted octanol–water partition coefficient (Wildman–Crippen LogP) is -0.0407. The zero-order chi connectivity index (χ0) is 31.7. The molecule has 0 bridgehead atoms. The zero-order valence-corrected chi connectivity index (χ0v) is 24.9. The number of amides is 2. The molecular formula is C29H38N4O9. The minimum atomic E-state index is -2.88. The SMILES string of the molecule is CCOC(=O)NCc1cc(N(C)C)c2c(c1O)C(=O)C1C(=O)[C@]3(O)C(=O)C(C(N)=O)C(=O)[C@@H](N(C)C)[C@]3(C)C[C@]1(C)C2. The number of nitrogens with one attached hydrogen (secondary N) is 1. The molecule has 3 aliphatic rings. The Hall–Kier alpha value is -3.84. The van der Waals surface area contributed by atoms with Gasteiger partial charge in [-0.25, -0.2) is 4.79 Å². The first kappa shape index (κ1) is 31.1. The van der Waals surface area contributed by atoms with Crippen molar-refractivity contribution in [3.63, 3.8) is 0 Å². The second-order valence-corrected chi connectivity index (χ2v) is 12.5. The lowest BCUT2D eigenvalue weighted by atomic mass is 9.42. The lowest BCUT2D eigenvalue weighted by Crippen LogP contribution is -2.79. The van der Waals surface area contributed by atoms with Gasteiger partial charge in [-0.05, 0) is 50.9 Å². The number of fused-ring (bicyclic) bond motifs is 3. The van der Waals surface area contributed by atoms with Crippen LogP contribution in [0.4, 0.5) is 10.5 Å². The van der Waals surface area contributed by atoms with Crippen LogP contribution in [-0.4, -0.2) is 96.7 Å². The molecule has 2 amide bonds. The molecule has 6 atom stereocenters. The molecule has 0 heterocycles. The van der Waals surface area contributed by atoms with Crippen molar-refractivity contribution < 1.29 is 43.7 Å². The maximum Gasteiger partial charge on any atom is 0.407 e. The Balaban J connectivity index is 1.93. The Kier molecular flexibility index (Phi) is 7.52. The number of primary amides is 1. The zero-order valence-electron chi connectivity index (χ0n) is 24.9. The molecule has 0 radical (unpaired) electrons. The minimum Gasteiger partial charge on any atom is -0.507 e. The number of ketones is 4. The van der Waals surface area contributed by atoms with Crippen LogP contribution < -0.4 is 16.0 Å². The number of Topliss-reactive ketones (excluding diaryl/α,β-unsaturated/α-hetero) is 4. The van der Waals surface area contributed by atoms with Crippen molar-refractivity contribution in [1.82, 2.24) is 10.2 Å². The monoisotopic (exact) mass is 586 g/mol. The molecule has 0 aliphatic heterocycles. The number of likely N-dealkylation sites (N-methyl/N-ethyl adjacent to an activating group) is 1. The molecule has 2 fully saturated rings. The van der Waals surface area contributed by atoms with Gasteiger partial charge in [-0.3, -0.25) is 28.9 Å². The highest BCUT2D eigenvalue weighted by Gasteiger charge is 2.76. The fourth-order valence-electron chi connectivity index (χ4n) is 7.70. The molecule has 0 aromatic heterocycles. The minimum absolute atomic E-state index is 0.0879. The first-order chi connectivity index (χ1) is 19.4. The molecule has 0 spiro atoms. The van der Waals surface area contributed by atoms with E-state index in [-0.39, 0.29) is 37.1 Å². The van der Waals surface area contributed by atoms with Crippen molar-refractivity contribution in [2.75, 3.05) is 39.7 Å². The largest absolute Gasteiger partial charge is 0.507 e. The van der Waals surface area contributed by atoms with Gasteiger partial charge >= 0.3 is 6.09 Å². The van der Waals surface area contributed by atoms with Gasteiger partial charge < -0.3 is 30.9 Å². The van der Waals surface area contributed by atoms with E-state index in [2.05, 4.69) is 5.32 Å². The lowest BCUT2D eigenvalue weighted by Gasteiger charge is -2.61. The summed E-state index contributed by atoms with van der Waals surface area (Å²) in [5.74, 6) is -9.47. The summed E-state index contributed by atoms with van der Waals surface area (Å²) >= 11 is 0. The van der Waals surface area contributed by atoms with Gasteiger partial charge in [0.05, 0.1) is 24.1 Å². The van der Waals surface area contributed by atoms with Crippen molar-refractivity contribution in [2.24, 2.45) is 28.4 Å². The van der Waals surface area contributed by atoms with Crippen molar-refractivity contribution in [2.45, 2.75) is 51.8 Å². The molecular weight excluding hydrogens is 548 g/mol. The second kappa shape index (κ2) is 10.2. The van der Waals surface area contributed by atoms with Crippen molar-refractivity contribution in [1.29, 1.82) is 0 Å². The number of alkyl carbamates (subject to hydrolysis) is 1. The maximum absolute atomic E-state index is 14.4. The highest BCUT2D eigenvalue weighted by atomic mass is 16.5. The highest BCUT2D eigenvalue weighted by molar-refractivity contribution is 6.33. The normalized spacial score (nSPS) is 32.2. The van der Waals surface area contributed by atoms with Gasteiger partial charge in [0.15, 0.2) is 34.7 Å². The molecule has 2 unspecified atom stereocenters. The third kappa shape index (κ3) is 4.12. The third-order valence-electron chi connectivity index (χ3n) is 9.22. The Labute approximate surface area is 243 Å². The van der Waals surface area contributed by atoms with Crippen molar-refractivity contribution in [3.05, 3.63) is 22.8 Å². The molecule has 1 aromatic carbocycles. The third-order valence-corrected chi connectivity index (χ3v) is 9.22. The van der Waals surface area contributed by atoms with E-state index in [0.29, 0.717) is 11.3 Å². The van der Waals surface area contributed by atoms with E-state index in [1.165, 1.54) is 25.9 Å². The van der Waals surface area contributed by atoms with Crippen LogP contribution in [-0.2, 0) is 36.9 Å². The number of nitrogens with zero attached hydrogens (tertiary/aromatic N) is 2. The number of rotatable bonds is 6. The van der Waals surface area contributed by atoms with Crippen LogP contribution in [0.1, 0.15) is 48.7 Å². The summed E-state index contributed by atoms with van der Waals surface area (Å²) in [6.45, 7) is 4.72. The van der Waals surface area contributed by atoms with E-state index >= 15 is 0 Å². The van der Waals surface area contributed by atoms with E-state index in [1.807, 2.05) is 0 Å². The Morgan fingerprint density at radius 3 is 2.26 bits per heavy atom.